The molecule has 42 heavy (non-hydrogen) atoms. The predicted octanol–water partition coefficient (Wildman–Crippen LogP) is 10.8. The number of hydrogen-bond donors (Lipinski definition) is 0. The third-order valence-corrected chi connectivity index (χ3v) is 7.53. The van der Waals surface area contributed by atoms with Crippen molar-refractivity contribution in [1.29, 1.82) is 0 Å². The molecule has 1 atom stereocenters. The van der Waals surface area contributed by atoms with Gasteiger partial charge in [-0.05, 0) is 74.6 Å². The smallest absolute Gasteiger partial charge is 0.201 e. The van der Waals surface area contributed by atoms with E-state index in [4.69, 9.17) is 4.74 Å². The average molecular weight is 585 g/mol. The summed E-state index contributed by atoms with van der Waals surface area (Å²) in [6, 6.07) is 8.15. The zero-order valence-electron chi connectivity index (χ0n) is 23.8. The van der Waals surface area contributed by atoms with Crippen LogP contribution in [0.25, 0.3) is 22.8 Å². The number of aryl methyl sites for hydroxylation is 1. The number of rotatable bonds is 11. The summed E-state index contributed by atoms with van der Waals surface area (Å²) < 4.78 is 93.8. The summed E-state index contributed by atoms with van der Waals surface area (Å²) >= 11 is 0. The Bertz CT molecular complexity index is 1500. The van der Waals surface area contributed by atoms with Gasteiger partial charge in [-0.2, -0.15) is 4.39 Å². The van der Waals surface area contributed by atoms with Crippen molar-refractivity contribution >= 4 is 11.6 Å². The zero-order chi connectivity index (χ0) is 30.2. The molecule has 1 aliphatic carbocycles. The van der Waals surface area contributed by atoms with Crippen LogP contribution in [-0.4, -0.2) is 6.61 Å². The van der Waals surface area contributed by atoms with E-state index in [1.807, 2.05) is 32.1 Å². The molecule has 1 nitrogen and oxygen atoms in total. The van der Waals surface area contributed by atoms with E-state index < -0.39 is 46.0 Å². The van der Waals surface area contributed by atoms with Crippen molar-refractivity contribution in [2.24, 2.45) is 5.92 Å². The predicted molar refractivity (Wildman–Crippen MR) is 156 cm³/mol. The molecule has 0 aromatic heterocycles. The zero-order valence-corrected chi connectivity index (χ0v) is 23.8. The standard InChI is InChI=1S/C35H34F6O/c1-3-5-7-8-24-15-17-26(32(38)30(24)36)23-12-9-22(10-13-23)11-14-25-16-18-27(33(39)31(25)37)28-19-20-29(35(41)34(28)40)42-21-6-4-2/h3,5,11-12,14-20,22H,4,6-10,13,21H2,1-2H3/b5-3+,14-11+. The summed E-state index contributed by atoms with van der Waals surface area (Å²) in [5.74, 6) is -6.98. The summed E-state index contributed by atoms with van der Waals surface area (Å²) in [5.41, 5.74) is 0.475. The minimum atomic E-state index is -1.31. The topological polar surface area (TPSA) is 9.23 Å². The Morgan fingerprint density at radius 1 is 0.810 bits per heavy atom. The van der Waals surface area contributed by atoms with Crippen molar-refractivity contribution < 1.29 is 31.1 Å². The van der Waals surface area contributed by atoms with Gasteiger partial charge in [0.05, 0.1) is 6.61 Å². The van der Waals surface area contributed by atoms with Gasteiger partial charge in [-0.15, -0.1) is 0 Å². The highest BCUT2D eigenvalue weighted by atomic mass is 19.2. The van der Waals surface area contributed by atoms with E-state index in [2.05, 4.69) is 0 Å². The Morgan fingerprint density at radius 3 is 2.19 bits per heavy atom. The van der Waals surface area contributed by atoms with Gasteiger partial charge in [-0.25, -0.2) is 22.0 Å². The van der Waals surface area contributed by atoms with Crippen molar-refractivity contribution in [1.82, 2.24) is 0 Å². The summed E-state index contributed by atoms with van der Waals surface area (Å²) in [7, 11) is 0. The molecule has 0 amide bonds. The van der Waals surface area contributed by atoms with E-state index in [1.165, 1.54) is 30.3 Å². The van der Waals surface area contributed by atoms with Crippen molar-refractivity contribution in [2.75, 3.05) is 6.61 Å². The highest BCUT2D eigenvalue weighted by molar-refractivity contribution is 5.69. The van der Waals surface area contributed by atoms with Gasteiger partial charge >= 0.3 is 0 Å². The summed E-state index contributed by atoms with van der Waals surface area (Å²) in [4.78, 5) is 0. The van der Waals surface area contributed by atoms with Gasteiger partial charge in [0.1, 0.15) is 0 Å². The summed E-state index contributed by atoms with van der Waals surface area (Å²) in [6.45, 7) is 4.02. The molecule has 0 heterocycles. The highest BCUT2D eigenvalue weighted by Crippen LogP contribution is 2.36. The van der Waals surface area contributed by atoms with Gasteiger partial charge in [-0.3, -0.25) is 0 Å². The molecular weight excluding hydrogens is 550 g/mol. The van der Waals surface area contributed by atoms with Gasteiger partial charge < -0.3 is 4.74 Å². The minimum absolute atomic E-state index is 0.0179. The molecular formula is C35H34F6O. The Kier molecular flexibility index (Phi) is 10.7. The fourth-order valence-corrected chi connectivity index (χ4v) is 5.03. The Balaban J connectivity index is 1.46. The van der Waals surface area contributed by atoms with E-state index >= 15 is 0 Å². The fourth-order valence-electron chi connectivity index (χ4n) is 5.03. The number of ether oxygens (including phenoxy) is 1. The van der Waals surface area contributed by atoms with Crippen LogP contribution in [0.15, 0.2) is 60.7 Å². The lowest BCUT2D eigenvalue weighted by atomic mass is 9.85. The summed E-state index contributed by atoms with van der Waals surface area (Å²) in [5, 5.41) is 0. The van der Waals surface area contributed by atoms with Gasteiger partial charge in [-0.1, -0.05) is 68.0 Å². The average Bonchev–Trinajstić information content (AvgIpc) is 2.99. The third kappa shape index (κ3) is 7.00. The van der Waals surface area contributed by atoms with Crippen LogP contribution >= 0.6 is 0 Å². The second kappa shape index (κ2) is 14.4. The maximum atomic E-state index is 15.0. The van der Waals surface area contributed by atoms with Crippen molar-refractivity contribution in [3.8, 4) is 16.9 Å². The first-order valence-electron chi connectivity index (χ1n) is 14.3. The molecule has 3 aromatic rings. The molecule has 0 bridgehead atoms. The molecule has 0 N–H and O–H groups in total. The normalized spacial score (nSPS) is 15.5. The number of unbranched alkanes of at least 4 members (excludes halogenated alkanes) is 1. The van der Waals surface area contributed by atoms with Crippen LogP contribution in [0.2, 0.25) is 0 Å². The Labute approximate surface area is 243 Å². The maximum Gasteiger partial charge on any atom is 0.201 e. The number of benzene rings is 3. The summed E-state index contributed by atoms with van der Waals surface area (Å²) in [6.07, 6.45) is 13.0. The molecule has 0 saturated heterocycles. The molecule has 0 fully saturated rings. The fraction of sp³-hybridized carbons (Fsp3) is 0.314. The Hall–Kier alpha value is -3.74. The molecule has 3 aromatic carbocycles. The van der Waals surface area contributed by atoms with Crippen LogP contribution in [0.4, 0.5) is 26.3 Å². The first-order valence-corrected chi connectivity index (χ1v) is 14.3. The van der Waals surface area contributed by atoms with E-state index in [0.29, 0.717) is 49.7 Å². The van der Waals surface area contributed by atoms with Gasteiger partial charge in [0.15, 0.2) is 34.8 Å². The van der Waals surface area contributed by atoms with E-state index in [1.54, 1.807) is 18.2 Å². The van der Waals surface area contributed by atoms with Crippen molar-refractivity contribution in [2.45, 2.75) is 58.8 Å². The number of halogens is 6. The van der Waals surface area contributed by atoms with E-state index in [9.17, 15) is 26.3 Å². The molecule has 222 valence electrons. The van der Waals surface area contributed by atoms with Crippen LogP contribution in [0.3, 0.4) is 0 Å². The molecule has 0 spiro atoms. The van der Waals surface area contributed by atoms with Gasteiger partial charge in [0.25, 0.3) is 0 Å². The molecule has 0 aliphatic heterocycles. The lowest BCUT2D eigenvalue weighted by molar-refractivity contribution is 0.289. The van der Waals surface area contributed by atoms with Crippen molar-refractivity contribution in [3.05, 3.63) is 112 Å². The number of hydrogen-bond acceptors (Lipinski definition) is 1. The van der Waals surface area contributed by atoms with Crippen molar-refractivity contribution in [3.63, 3.8) is 0 Å². The van der Waals surface area contributed by atoms with Gasteiger partial charge in [0, 0.05) is 22.3 Å². The van der Waals surface area contributed by atoms with Crippen LogP contribution in [0.1, 0.15) is 69.1 Å². The maximum absolute atomic E-state index is 15.0. The lowest BCUT2D eigenvalue weighted by Gasteiger charge is -2.20. The Morgan fingerprint density at radius 2 is 1.50 bits per heavy atom. The first kappa shape index (κ1) is 31.2. The molecule has 1 unspecified atom stereocenters. The molecule has 0 radical (unpaired) electrons. The molecule has 1 aliphatic rings. The highest BCUT2D eigenvalue weighted by Gasteiger charge is 2.22. The van der Waals surface area contributed by atoms with E-state index in [-0.39, 0.29) is 29.4 Å². The van der Waals surface area contributed by atoms with Crippen LogP contribution in [0, 0.1) is 40.8 Å². The molecule has 4 rings (SSSR count). The molecule has 7 heteroatoms. The van der Waals surface area contributed by atoms with Crippen LogP contribution in [0.5, 0.6) is 5.75 Å². The second-order valence-electron chi connectivity index (χ2n) is 10.4. The SMILES string of the molecule is C/C=C/CCc1ccc(C2=CCC(/C=C/c3ccc(-c4ccc(OCCCC)c(F)c4F)c(F)c3F)CC2)c(F)c1F. The molecule has 0 saturated carbocycles. The first-order chi connectivity index (χ1) is 20.3. The van der Waals surface area contributed by atoms with Gasteiger partial charge in [0.2, 0.25) is 5.82 Å². The largest absolute Gasteiger partial charge is 0.490 e. The quantitative estimate of drug-likeness (QED) is 0.124. The van der Waals surface area contributed by atoms with Crippen LogP contribution in [-0.2, 0) is 6.42 Å². The monoisotopic (exact) mass is 584 g/mol. The number of allylic oxidation sites excluding steroid dienone is 5. The minimum Gasteiger partial charge on any atom is -0.490 e. The van der Waals surface area contributed by atoms with E-state index in [0.717, 1.165) is 6.42 Å². The second-order valence-corrected chi connectivity index (χ2v) is 10.4. The third-order valence-electron chi connectivity index (χ3n) is 7.53. The lowest BCUT2D eigenvalue weighted by Crippen LogP contribution is -2.06. The van der Waals surface area contributed by atoms with Crippen LogP contribution < -0.4 is 4.74 Å².